The van der Waals surface area contributed by atoms with Gasteiger partial charge in [0.1, 0.15) is 0 Å². The Hall–Kier alpha value is -0.830. The maximum Gasteiger partial charge on any atom is 0.225 e. The highest BCUT2D eigenvalue weighted by atomic mass is 16.2. The van der Waals surface area contributed by atoms with Gasteiger partial charge in [-0.2, -0.15) is 0 Å². The minimum atomic E-state index is -0.294. The number of hydrogen-bond acceptors (Lipinski definition) is 1. The third-order valence-electron chi connectivity index (χ3n) is 3.15. The van der Waals surface area contributed by atoms with Crippen molar-refractivity contribution in [1.82, 2.24) is 5.32 Å². The van der Waals surface area contributed by atoms with E-state index in [0.29, 0.717) is 0 Å². The number of carbonyl (C=O) groups excluding carboxylic acids is 1. The average Bonchev–Trinajstić information content (AvgIpc) is 2.21. The predicted octanol–water partition coefficient (Wildman–Crippen LogP) is 1.66. The number of carbonyl (C=O) groups is 1. The molecule has 0 spiro atoms. The molecule has 0 aliphatic heterocycles. The molecule has 0 radical (unpaired) electrons. The summed E-state index contributed by atoms with van der Waals surface area (Å²) in [6, 6.07) is 0. The fraction of sp³-hybridized carbons (Fsp3) is 0.812. The van der Waals surface area contributed by atoms with Crippen molar-refractivity contribution in [1.29, 1.82) is 0 Å². The number of amides is 1. The largest absolute Gasteiger partial charge is 0.355 e. The summed E-state index contributed by atoms with van der Waals surface area (Å²) < 4.78 is 0. The van der Waals surface area contributed by atoms with Crippen LogP contribution in [0, 0.1) is 10.8 Å². The second-order valence-electron chi connectivity index (χ2n) is 7.43. The van der Waals surface area contributed by atoms with Crippen LogP contribution in [-0.2, 0) is 4.79 Å². The van der Waals surface area contributed by atoms with Gasteiger partial charge in [0, 0.05) is 18.4 Å². The Kier molecular flexibility index (Phi) is 7.35. The SMILES string of the molecule is C=CC[NH+](C)CCCNC(=O)C(C)(C)CC(C)(C)C. The summed E-state index contributed by atoms with van der Waals surface area (Å²) in [6.45, 7) is 17.1. The summed E-state index contributed by atoms with van der Waals surface area (Å²) >= 11 is 0. The van der Waals surface area contributed by atoms with E-state index in [4.69, 9.17) is 0 Å². The van der Waals surface area contributed by atoms with Crippen LogP contribution < -0.4 is 10.2 Å². The van der Waals surface area contributed by atoms with Gasteiger partial charge in [-0.15, -0.1) is 0 Å². The Morgan fingerprint density at radius 1 is 1.26 bits per heavy atom. The van der Waals surface area contributed by atoms with Gasteiger partial charge < -0.3 is 10.2 Å². The van der Waals surface area contributed by atoms with Crippen molar-refractivity contribution in [3.63, 3.8) is 0 Å². The molecule has 19 heavy (non-hydrogen) atoms. The average molecular weight is 269 g/mol. The fourth-order valence-corrected chi connectivity index (χ4v) is 2.59. The fourth-order valence-electron chi connectivity index (χ4n) is 2.59. The van der Waals surface area contributed by atoms with Crippen molar-refractivity contribution in [3.8, 4) is 0 Å². The van der Waals surface area contributed by atoms with Crippen molar-refractivity contribution in [2.24, 2.45) is 10.8 Å². The van der Waals surface area contributed by atoms with Gasteiger partial charge in [-0.25, -0.2) is 0 Å². The summed E-state index contributed by atoms with van der Waals surface area (Å²) in [4.78, 5) is 13.6. The molecule has 0 aliphatic rings. The van der Waals surface area contributed by atoms with Crippen LogP contribution in [0.1, 0.15) is 47.5 Å². The molecule has 0 bridgehead atoms. The molecular weight excluding hydrogens is 236 g/mol. The highest BCUT2D eigenvalue weighted by Crippen LogP contribution is 2.33. The normalized spacial score (nSPS) is 14.0. The van der Waals surface area contributed by atoms with E-state index in [2.05, 4.69) is 39.7 Å². The molecule has 112 valence electrons. The first-order valence-corrected chi connectivity index (χ1v) is 7.29. The smallest absolute Gasteiger partial charge is 0.225 e. The number of quaternary nitrogens is 1. The topological polar surface area (TPSA) is 33.5 Å². The molecule has 1 atom stereocenters. The number of nitrogens with one attached hydrogen (secondary N) is 2. The van der Waals surface area contributed by atoms with Gasteiger partial charge in [-0.1, -0.05) is 41.2 Å². The van der Waals surface area contributed by atoms with Gasteiger partial charge in [0.15, 0.2) is 0 Å². The molecule has 2 N–H and O–H groups in total. The van der Waals surface area contributed by atoms with Crippen LogP contribution in [0.15, 0.2) is 12.7 Å². The van der Waals surface area contributed by atoms with Crippen LogP contribution in [-0.4, -0.2) is 32.6 Å². The zero-order valence-corrected chi connectivity index (χ0v) is 13.7. The Balaban J connectivity index is 4.00. The first kappa shape index (κ1) is 18.2. The van der Waals surface area contributed by atoms with E-state index in [1.54, 1.807) is 0 Å². The van der Waals surface area contributed by atoms with Crippen LogP contribution in [0.5, 0.6) is 0 Å². The summed E-state index contributed by atoms with van der Waals surface area (Å²) in [6.07, 6.45) is 3.84. The molecule has 0 aromatic carbocycles. The van der Waals surface area contributed by atoms with Crippen molar-refractivity contribution in [2.75, 3.05) is 26.7 Å². The second kappa shape index (κ2) is 7.68. The second-order valence-corrected chi connectivity index (χ2v) is 7.43. The lowest BCUT2D eigenvalue weighted by Crippen LogP contribution is -3.08. The van der Waals surface area contributed by atoms with Crippen LogP contribution in [0.25, 0.3) is 0 Å². The zero-order valence-electron chi connectivity index (χ0n) is 13.7. The minimum Gasteiger partial charge on any atom is -0.355 e. The molecule has 3 heteroatoms. The molecule has 0 aliphatic carbocycles. The molecule has 0 saturated carbocycles. The van der Waals surface area contributed by atoms with Crippen molar-refractivity contribution < 1.29 is 9.69 Å². The third-order valence-corrected chi connectivity index (χ3v) is 3.15. The Morgan fingerprint density at radius 2 is 1.84 bits per heavy atom. The lowest BCUT2D eigenvalue weighted by molar-refractivity contribution is -0.873. The van der Waals surface area contributed by atoms with E-state index in [9.17, 15) is 4.79 Å². The molecular formula is C16H33N2O+. The zero-order chi connectivity index (χ0) is 15.1. The van der Waals surface area contributed by atoms with Gasteiger partial charge in [0.25, 0.3) is 0 Å². The highest BCUT2D eigenvalue weighted by molar-refractivity contribution is 5.81. The maximum absolute atomic E-state index is 12.2. The summed E-state index contributed by atoms with van der Waals surface area (Å²) in [5.74, 6) is 0.170. The summed E-state index contributed by atoms with van der Waals surface area (Å²) in [5.41, 5.74) is -0.118. The molecule has 1 unspecified atom stereocenters. The first-order chi connectivity index (χ1) is 8.58. The number of hydrogen-bond donors (Lipinski definition) is 2. The van der Waals surface area contributed by atoms with E-state index in [1.807, 2.05) is 19.9 Å². The van der Waals surface area contributed by atoms with E-state index in [1.165, 1.54) is 4.90 Å². The Labute approximate surface area is 119 Å². The molecule has 0 aromatic heterocycles. The number of likely N-dealkylation sites (N-methyl/N-ethyl adjacent to an activating group) is 1. The summed E-state index contributed by atoms with van der Waals surface area (Å²) in [5, 5.41) is 3.06. The maximum atomic E-state index is 12.2. The van der Waals surface area contributed by atoms with E-state index < -0.39 is 0 Å². The van der Waals surface area contributed by atoms with Crippen LogP contribution in [0.2, 0.25) is 0 Å². The van der Waals surface area contributed by atoms with Crippen molar-refractivity contribution in [2.45, 2.75) is 47.5 Å². The summed E-state index contributed by atoms with van der Waals surface area (Å²) in [7, 11) is 2.15. The molecule has 0 fully saturated rings. The third kappa shape index (κ3) is 8.82. The van der Waals surface area contributed by atoms with Crippen LogP contribution >= 0.6 is 0 Å². The standard InChI is InChI=1S/C16H32N2O/c1-8-11-18(7)12-9-10-17-14(19)16(5,6)13-15(2,3)4/h8H,1,9-13H2,2-7H3,(H,17,19)/p+1. The highest BCUT2D eigenvalue weighted by Gasteiger charge is 2.32. The quantitative estimate of drug-likeness (QED) is 0.510. The van der Waals surface area contributed by atoms with Gasteiger partial charge >= 0.3 is 0 Å². The molecule has 0 rings (SSSR count). The first-order valence-electron chi connectivity index (χ1n) is 7.29. The monoisotopic (exact) mass is 269 g/mol. The van der Waals surface area contributed by atoms with E-state index in [-0.39, 0.29) is 16.7 Å². The minimum absolute atomic E-state index is 0.170. The van der Waals surface area contributed by atoms with Gasteiger partial charge in [-0.3, -0.25) is 4.79 Å². The van der Waals surface area contributed by atoms with Crippen molar-refractivity contribution in [3.05, 3.63) is 12.7 Å². The van der Waals surface area contributed by atoms with Crippen molar-refractivity contribution >= 4 is 5.91 Å². The lowest BCUT2D eigenvalue weighted by Gasteiger charge is -2.31. The van der Waals surface area contributed by atoms with Crippen LogP contribution in [0.3, 0.4) is 0 Å². The molecule has 0 saturated heterocycles. The van der Waals surface area contributed by atoms with Crippen LogP contribution in [0.4, 0.5) is 0 Å². The van der Waals surface area contributed by atoms with E-state index >= 15 is 0 Å². The predicted molar refractivity (Wildman–Crippen MR) is 82.3 cm³/mol. The Bertz CT molecular complexity index is 290. The molecule has 1 amide bonds. The van der Waals surface area contributed by atoms with Gasteiger partial charge in [0.05, 0.1) is 20.1 Å². The Morgan fingerprint density at radius 3 is 2.32 bits per heavy atom. The molecule has 0 aromatic rings. The lowest BCUT2D eigenvalue weighted by atomic mass is 9.76. The number of rotatable bonds is 8. The molecule has 0 heterocycles. The van der Waals surface area contributed by atoms with E-state index in [0.717, 1.165) is 32.5 Å². The van der Waals surface area contributed by atoms with Gasteiger partial charge in [0.2, 0.25) is 5.91 Å². The van der Waals surface area contributed by atoms with Gasteiger partial charge in [-0.05, 0) is 17.9 Å². The molecule has 3 nitrogen and oxygen atoms in total.